The van der Waals surface area contributed by atoms with Gasteiger partial charge in [0.25, 0.3) is 0 Å². The van der Waals surface area contributed by atoms with Crippen LogP contribution in [0, 0.1) is 0 Å². The maximum Gasteiger partial charge on any atom is 0.242 e. The lowest BCUT2D eigenvalue weighted by Crippen LogP contribution is -2.27. The van der Waals surface area contributed by atoms with Crippen molar-refractivity contribution in [1.29, 1.82) is 0 Å². The molecule has 1 aliphatic rings. The number of nitrogens with one attached hydrogen (secondary N) is 1. The first kappa shape index (κ1) is 17.4. The first-order chi connectivity index (χ1) is 9.99. The third-order valence-electron chi connectivity index (χ3n) is 3.10. The Kier molecular flexibility index (Phi) is 6.65. The lowest BCUT2D eigenvalue weighted by molar-refractivity contribution is 0.100. The molecule has 118 valence electrons. The predicted molar refractivity (Wildman–Crippen MR) is 87.9 cm³/mol. The smallest absolute Gasteiger partial charge is 0.242 e. The van der Waals surface area contributed by atoms with Crippen LogP contribution in [0.15, 0.2) is 23.1 Å². The van der Waals surface area contributed by atoms with E-state index in [-0.39, 0.29) is 9.92 Å². The molecule has 0 aromatic heterocycles. The van der Waals surface area contributed by atoms with Gasteiger partial charge >= 0.3 is 0 Å². The molecule has 0 atom stereocenters. The highest BCUT2D eigenvalue weighted by Crippen LogP contribution is 2.25. The predicted octanol–water partition coefficient (Wildman–Crippen LogP) is 3.18. The highest BCUT2D eigenvalue weighted by molar-refractivity contribution is 8.00. The summed E-state index contributed by atoms with van der Waals surface area (Å²) in [5.41, 5.74) is 0. The second-order valence-corrected chi connectivity index (χ2v) is 8.64. The summed E-state index contributed by atoms with van der Waals surface area (Å²) in [6.07, 6.45) is 2.05. The molecule has 4 nitrogen and oxygen atoms in total. The van der Waals surface area contributed by atoms with E-state index in [9.17, 15) is 8.42 Å². The van der Waals surface area contributed by atoms with Crippen molar-refractivity contribution in [3.8, 4) is 0 Å². The van der Waals surface area contributed by atoms with E-state index >= 15 is 0 Å². The van der Waals surface area contributed by atoms with Gasteiger partial charge in [-0.25, -0.2) is 13.1 Å². The maximum absolute atomic E-state index is 12.2. The number of hydrogen-bond donors (Lipinski definition) is 1. The van der Waals surface area contributed by atoms with Crippen molar-refractivity contribution in [2.24, 2.45) is 0 Å². The minimum Gasteiger partial charge on any atom is -0.381 e. The number of thioether (sulfide) groups is 1. The molecular formula is C13H17Cl2NO3S2. The van der Waals surface area contributed by atoms with Gasteiger partial charge in [-0.2, -0.15) is 11.8 Å². The van der Waals surface area contributed by atoms with E-state index in [2.05, 4.69) is 4.72 Å². The number of rotatable bonds is 6. The fourth-order valence-corrected chi connectivity index (χ4v) is 5.01. The molecule has 1 aromatic carbocycles. The van der Waals surface area contributed by atoms with Crippen LogP contribution in [0.5, 0.6) is 0 Å². The van der Waals surface area contributed by atoms with Crippen LogP contribution in [0.1, 0.15) is 12.8 Å². The molecule has 2 rings (SSSR count). The van der Waals surface area contributed by atoms with Crippen molar-refractivity contribution >= 4 is 45.0 Å². The number of hydrogen-bond acceptors (Lipinski definition) is 4. The summed E-state index contributed by atoms with van der Waals surface area (Å²) in [5, 5.41) is 1.07. The van der Waals surface area contributed by atoms with Crippen molar-refractivity contribution in [2.75, 3.05) is 25.5 Å². The molecule has 1 N–H and O–H groups in total. The largest absolute Gasteiger partial charge is 0.381 e. The molecule has 0 saturated carbocycles. The summed E-state index contributed by atoms with van der Waals surface area (Å²) in [6.45, 7) is 1.95. The van der Waals surface area contributed by atoms with Crippen LogP contribution >= 0.6 is 35.0 Å². The Morgan fingerprint density at radius 2 is 2.00 bits per heavy atom. The van der Waals surface area contributed by atoms with Gasteiger partial charge in [-0.3, -0.25) is 0 Å². The van der Waals surface area contributed by atoms with Crippen LogP contribution in [-0.4, -0.2) is 39.2 Å². The second-order valence-electron chi connectivity index (χ2n) is 4.66. The average Bonchev–Trinajstić information content (AvgIpc) is 2.47. The van der Waals surface area contributed by atoms with Crippen LogP contribution in [0.2, 0.25) is 10.0 Å². The average molecular weight is 370 g/mol. The highest BCUT2D eigenvalue weighted by Gasteiger charge is 2.19. The van der Waals surface area contributed by atoms with E-state index in [4.69, 9.17) is 27.9 Å². The number of sulfonamides is 1. The van der Waals surface area contributed by atoms with Gasteiger partial charge in [0.15, 0.2) is 0 Å². The lowest BCUT2D eigenvalue weighted by atomic mass is 10.2. The highest BCUT2D eigenvalue weighted by atomic mass is 35.5. The molecule has 21 heavy (non-hydrogen) atoms. The van der Waals surface area contributed by atoms with Gasteiger partial charge in [-0.05, 0) is 31.0 Å². The van der Waals surface area contributed by atoms with Gasteiger partial charge in [0.1, 0.15) is 4.90 Å². The first-order valence-electron chi connectivity index (χ1n) is 6.63. The number of benzene rings is 1. The summed E-state index contributed by atoms with van der Waals surface area (Å²) in [4.78, 5) is 0.0210. The molecule has 0 aliphatic carbocycles. The Bertz CT molecular complexity index is 575. The molecule has 1 fully saturated rings. The van der Waals surface area contributed by atoms with E-state index in [0.717, 1.165) is 31.8 Å². The monoisotopic (exact) mass is 369 g/mol. The molecule has 1 aliphatic heterocycles. The SMILES string of the molecule is O=S(=O)(NCCSC1CCOCC1)c1cc(Cl)ccc1Cl. The Morgan fingerprint density at radius 1 is 1.29 bits per heavy atom. The molecule has 0 unspecified atom stereocenters. The Hall–Kier alpha value is 0.0200. The normalized spacial score (nSPS) is 17.0. The van der Waals surface area contributed by atoms with E-state index in [1.54, 1.807) is 17.8 Å². The van der Waals surface area contributed by atoms with Gasteiger partial charge in [0, 0.05) is 35.8 Å². The van der Waals surface area contributed by atoms with Gasteiger partial charge < -0.3 is 4.74 Å². The molecule has 1 aromatic rings. The zero-order valence-corrected chi connectivity index (χ0v) is 14.5. The Balaban J connectivity index is 1.85. The third kappa shape index (κ3) is 5.30. The molecular weight excluding hydrogens is 353 g/mol. The molecule has 0 bridgehead atoms. The summed E-state index contributed by atoms with van der Waals surface area (Å²) in [6, 6.07) is 4.40. The van der Waals surface area contributed by atoms with Crippen molar-refractivity contribution < 1.29 is 13.2 Å². The summed E-state index contributed by atoms with van der Waals surface area (Å²) >= 11 is 13.5. The third-order valence-corrected chi connectivity index (χ3v) is 6.66. The quantitative estimate of drug-likeness (QED) is 0.782. The van der Waals surface area contributed by atoms with E-state index < -0.39 is 10.0 Å². The second kappa shape index (κ2) is 8.04. The zero-order valence-electron chi connectivity index (χ0n) is 11.3. The number of ether oxygens (including phenoxy) is 1. The lowest BCUT2D eigenvalue weighted by Gasteiger charge is -2.21. The van der Waals surface area contributed by atoms with Gasteiger partial charge in [-0.15, -0.1) is 0 Å². The fraction of sp³-hybridized carbons (Fsp3) is 0.538. The summed E-state index contributed by atoms with van der Waals surface area (Å²) in [7, 11) is -3.62. The fourth-order valence-electron chi connectivity index (χ4n) is 2.01. The molecule has 1 saturated heterocycles. The minimum absolute atomic E-state index is 0.0210. The van der Waals surface area contributed by atoms with E-state index in [0.29, 0.717) is 16.8 Å². The van der Waals surface area contributed by atoms with Gasteiger partial charge in [-0.1, -0.05) is 23.2 Å². The van der Waals surface area contributed by atoms with Crippen molar-refractivity contribution in [3.63, 3.8) is 0 Å². The van der Waals surface area contributed by atoms with Crippen molar-refractivity contribution in [1.82, 2.24) is 4.72 Å². The first-order valence-corrected chi connectivity index (χ1v) is 9.92. The van der Waals surface area contributed by atoms with Crippen molar-refractivity contribution in [2.45, 2.75) is 23.0 Å². The zero-order chi connectivity index (χ0) is 15.3. The maximum atomic E-state index is 12.2. The van der Waals surface area contributed by atoms with Crippen LogP contribution in [0.25, 0.3) is 0 Å². The standard InChI is InChI=1S/C13H17Cl2NO3S2/c14-10-1-2-12(15)13(9-10)21(17,18)16-5-8-20-11-3-6-19-7-4-11/h1-2,9,11,16H,3-8H2. The molecule has 0 amide bonds. The topological polar surface area (TPSA) is 55.4 Å². The van der Waals surface area contributed by atoms with Gasteiger partial charge in [0.2, 0.25) is 10.0 Å². The minimum atomic E-state index is -3.62. The Morgan fingerprint density at radius 3 is 2.71 bits per heavy atom. The Labute approximate surface area is 139 Å². The molecule has 0 radical (unpaired) electrons. The van der Waals surface area contributed by atoms with Crippen LogP contribution in [0.4, 0.5) is 0 Å². The van der Waals surface area contributed by atoms with Crippen LogP contribution < -0.4 is 4.72 Å². The summed E-state index contributed by atoms with van der Waals surface area (Å²) in [5.74, 6) is 0.724. The van der Waals surface area contributed by atoms with Gasteiger partial charge in [0.05, 0.1) is 5.02 Å². The van der Waals surface area contributed by atoms with E-state index in [1.807, 2.05) is 0 Å². The van der Waals surface area contributed by atoms with Crippen LogP contribution in [-0.2, 0) is 14.8 Å². The molecule has 8 heteroatoms. The molecule has 0 spiro atoms. The van der Waals surface area contributed by atoms with E-state index in [1.165, 1.54) is 12.1 Å². The molecule has 1 heterocycles. The van der Waals surface area contributed by atoms with Crippen molar-refractivity contribution in [3.05, 3.63) is 28.2 Å². The van der Waals surface area contributed by atoms with Crippen LogP contribution in [0.3, 0.4) is 0 Å². The summed E-state index contributed by atoms with van der Waals surface area (Å²) < 4.78 is 32.2. The number of halogens is 2.